The first kappa shape index (κ1) is 12.5. The summed E-state index contributed by atoms with van der Waals surface area (Å²) in [7, 11) is 0. The zero-order valence-corrected chi connectivity index (χ0v) is 9.70. The fourth-order valence-electron chi connectivity index (χ4n) is 1.41. The van der Waals surface area contributed by atoms with Gasteiger partial charge in [0, 0.05) is 11.0 Å². The number of aliphatic hydroxyl groups is 1. The average Bonchev–Trinajstić information content (AvgIpc) is 2.43. The Morgan fingerprint density at radius 2 is 2.33 bits per heavy atom. The number of hydrogen-bond donors (Lipinski definition) is 1. The first-order chi connectivity index (χ1) is 7.24. The molecule has 84 valence electrons. The van der Waals surface area contributed by atoms with E-state index in [0.29, 0.717) is 19.1 Å². The topological polar surface area (TPSA) is 29.5 Å². The van der Waals surface area contributed by atoms with Crippen molar-refractivity contribution in [3.8, 4) is 0 Å². The number of halogens is 1. The van der Waals surface area contributed by atoms with Crippen molar-refractivity contribution in [2.75, 3.05) is 19.8 Å². The van der Waals surface area contributed by atoms with Crippen LogP contribution in [0.2, 0.25) is 0 Å². The Morgan fingerprint density at radius 3 is 3.07 bits per heavy atom. The van der Waals surface area contributed by atoms with E-state index in [9.17, 15) is 0 Å². The molecule has 1 rings (SSSR count). The summed E-state index contributed by atoms with van der Waals surface area (Å²) in [6, 6.07) is 0. The van der Waals surface area contributed by atoms with Gasteiger partial charge in [-0.05, 0) is 18.6 Å². The van der Waals surface area contributed by atoms with Gasteiger partial charge in [-0.3, -0.25) is 0 Å². The standard InChI is InChI=1S/C12H17ClO2/c1-10(9-15-8-7-14)11-3-2-4-12(13)6-5-11/h2,4-6,10,14H,3,7-9H2,1H3. The molecule has 0 saturated heterocycles. The van der Waals surface area contributed by atoms with E-state index >= 15 is 0 Å². The van der Waals surface area contributed by atoms with E-state index < -0.39 is 0 Å². The second kappa shape index (κ2) is 6.83. The molecule has 0 saturated carbocycles. The van der Waals surface area contributed by atoms with Gasteiger partial charge < -0.3 is 9.84 Å². The Balaban J connectivity index is 2.45. The Morgan fingerprint density at radius 1 is 1.53 bits per heavy atom. The first-order valence-electron chi connectivity index (χ1n) is 5.15. The maximum absolute atomic E-state index is 8.59. The lowest BCUT2D eigenvalue weighted by Crippen LogP contribution is -2.10. The lowest BCUT2D eigenvalue weighted by Gasteiger charge is -2.13. The highest BCUT2D eigenvalue weighted by Gasteiger charge is 2.08. The summed E-state index contributed by atoms with van der Waals surface area (Å²) in [6.45, 7) is 3.25. The number of ether oxygens (including phenoxy) is 1. The summed E-state index contributed by atoms with van der Waals surface area (Å²) in [5.74, 6) is 0.361. The Bertz CT molecular complexity index is 279. The highest BCUT2D eigenvalue weighted by Crippen LogP contribution is 2.20. The number of allylic oxidation sites excluding steroid dienone is 5. The van der Waals surface area contributed by atoms with Crippen LogP contribution < -0.4 is 0 Å². The van der Waals surface area contributed by atoms with E-state index in [1.165, 1.54) is 5.57 Å². The molecule has 1 atom stereocenters. The maximum atomic E-state index is 8.59. The fourth-order valence-corrected chi connectivity index (χ4v) is 1.57. The predicted molar refractivity (Wildman–Crippen MR) is 62.8 cm³/mol. The van der Waals surface area contributed by atoms with Gasteiger partial charge in [0.25, 0.3) is 0 Å². The molecule has 1 aliphatic rings. The van der Waals surface area contributed by atoms with E-state index in [0.717, 1.165) is 11.5 Å². The zero-order chi connectivity index (χ0) is 11.1. The van der Waals surface area contributed by atoms with Crippen LogP contribution in [-0.2, 0) is 4.74 Å². The summed E-state index contributed by atoms with van der Waals surface area (Å²) in [6.07, 6.45) is 8.83. The summed E-state index contributed by atoms with van der Waals surface area (Å²) >= 11 is 5.88. The van der Waals surface area contributed by atoms with E-state index in [-0.39, 0.29) is 6.61 Å². The summed E-state index contributed by atoms with van der Waals surface area (Å²) in [5.41, 5.74) is 1.31. The largest absolute Gasteiger partial charge is 0.394 e. The summed E-state index contributed by atoms with van der Waals surface area (Å²) < 4.78 is 5.30. The van der Waals surface area contributed by atoms with Crippen molar-refractivity contribution in [2.45, 2.75) is 13.3 Å². The van der Waals surface area contributed by atoms with Gasteiger partial charge in [-0.2, -0.15) is 0 Å². The van der Waals surface area contributed by atoms with Gasteiger partial charge in [-0.15, -0.1) is 0 Å². The Hall–Kier alpha value is -0.570. The molecular formula is C12H17ClO2. The zero-order valence-electron chi connectivity index (χ0n) is 8.95. The van der Waals surface area contributed by atoms with Crippen molar-refractivity contribution < 1.29 is 9.84 Å². The van der Waals surface area contributed by atoms with Gasteiger partial charge in [-0.25, -0.2) is 0 Å². The normalized spacial score (nSPS) is 18.1. The fraction of sp³-hybridized carbons (Fsp3) is 0.500. The van der Waals surface area contributed by atoms with Crippen molar-refractivity contribution in [3.05, 3.63) is 34.9 Å². The molecule has 0 fully saturated rings. The highest BCUT2D eigenvalue weighted by molar-refractivity contribution is 6.31. The summed E-state index contributed by atoms with van der Waals surface area (Å²) in [4.78, 5) is 0. The third-order valence-electron chi connectivity index (χ3n) is 2.32. The van der Waals surface area contributed by atoms with E-state index in [1.807, 2.05) is 12.2 Å². The smallest absolute Gasteiger partial charge is 0.0697 e. The second-order valence-electron chi connectivity index (χ2n) is 3.60. The van der Waals surface area contributed by atoms with Crippen LogP contribution in [-0.4, -0.2) is 24.9 Å². The van der Waals surface area contributed by atoms with Crippen molar-refractivity contribution in [3.63, 3.8) is 0 Å². The van der Waals surface area contributed by atoms with Crippen LogP contribution in [0.15, 0.2) is 34.9 Å². The molecule has 15 heavy (non-hydrogen) atoms. The molecule has 0 aliphatic heterocycles. The van der Waals surface area contributed by atoms with Gasteiger partial charge in [0.1, 0.15) is 0 Å². The minimum atomic E-state index is 0.0808. The van der Waals surface area contributed by atoms with Crippen LogP contribution in [0.3, 0.4) is 0 Å². The SMILES string of the molecule is CC(COCCO)C1=CC=C(Cl)C=CC1. The molecule has 2 nitrogen and oxygen atoms in total. The quantitative estimate of drug-likeness (QED) is 0.734. The minimum absolute atomic E-state index is 0.0808. The van der Waals surface area contributed by atoms with Crippen LogP contribution in [0.5, 0.6) is 0 Å². The molecule has 0 heterocycles. The molecule has 0 aromatic heterocycles. The minimum Gasteiger partial charge on any atom is -0.394 e. The molecule has 1 aliphatic carbocycles. The average molecular weight is 229 g/mol. The van der Waals surface area contributed by atoms with Gasteiger partial charge in [0.2, 0.25) is 0 Å². The first-order valence-corrected chi connectivity index (χ1v) is 5.53. The molecule has 0 aromatic rings. The van der Waals surface area contributed by atoms with E-state index in [2.05, 4.69) is 19.1 Å². The van der Waals surface area contributed by atoms with Crippen molar-refractivity contribution in [1.82, 2.24) is 0 Å². The maximum Gasteiger partial charge on any atom is 0.0697 e. The van der Waals surface area contributed by atoms with Crippen LogP contribution >= 0.6 is 11.6 Å². The molecule has 1 unspecified atom stereocenters. The van der Waals surface area contributed by atoms with Crippen LogP contribution in [0, 0.1) is 5.92 Å². The summed E-state index contributed by atoms with van der Waals surface area (Å²) in [5, 5.41) is 9.35. The number of aliphatic hydroxyl groups excluding tert-OH is 1. The third-order valence-corrected chi connectivity index (χ3v) is 2.58. The highest BCUT2D eigenvalue weighted by atomic mass is 35.5. The van der Waals surface area contributed by atoms with Crippen LogP contribution in [0.4, 0.5) is 0 Å². The molecule has 0 aromatic carbocycles. The van der Waals surface area contributed by atoms with Crippen molar-refractivity contribution in [1.29, 1.82) is 0 Å². The van der Waals surface area contributed by atoms with Crippen molar-refractivity contribution in [2.24, 2.45) is 5.92 Å². The van der Waals surface area contributed by atoms with Crippen molar-refractivity contribution >= 4 is 11.6 Å². The van der Waals surface area contributed by atoms with Gasteiger partial charge in [0.15, 0.2) is 0 Å². The molecule has 0 radical (unpaired) electrons. The van der Waals surface area contributed by atoms with E-state index in [1.54, 1.807) is 0 Å². The molecule has 0 spiro atoms. The number of rotatable bonds is 5. The lowest BCUT2D eigenvalue weighted by atomic mass is 9.99. The van der Waals surface area contributed by atoms with E-state index in [4.69, 9.17) is 21.4 Å². The van der Waals surface area contributed by atoms with Gasteiger partial charge in [-0.1, -0.05) is 36.2 Å². The third kappa shape index (κ3) is 4.65. The number of hydrogen-bond acceptors (Lipinski definition) is 2. The van der Waals surface area contributed by atoms with Crippen LogP contribution in [0.1, 0.15) is 13.3 Å². The monoisotopic (exact) mass is 228 g/mol. The Kier molecular flexibility index (Phi) is 5.69. The Labute approximate surface area is 95.9 Å². The lowest BCUT2D eigenvalue weighted by molar-refractivity contribution is 0.0779. The second-order valence-corrected chi connectivity index (χ2v) is 4.04. The molecule has 1 N–H and O–H groups in total. The van der Waals surface area contributed by atoms with Crippen LogP contribution in [0.25, 0.3) is 0 Å². The molecular weight excluding hydrogens is 212 g/mol. The molecule has 0 amide bonds. The van der Waals surface area contributed by atoms with Gasteiger partial charge in [0.05, 0.1) is 19.8 Å². The molecule has 0 bridgehead atoms. The predicted octanol–water partition coefficient (Wildman–Crippen LogP) is 2.64. The van der Waals surface area contributed by atoms with Gasteiger partial charge >= 0.3 is 0 Å². The molecule has 3 heteroatoms.